The van der Waals surface area contributed by atoms with Gasteiger partial charge in [0.1, 0.15) is 0 Å². The number of halogens is 1. The fraction of sp³-hybridized carbons (Fsp3) is 0.406. The van der Waals surface area contributed by atoms with Crippen molar-refractivity contribution in [3.05, 3.63) is 83.8 Å². The van der Waals surface area contributed by atoms with Gasteiger partial charge in [-0.05, 0) is 68.5 Å². The molecule has 1 aromatic heterocycles. The number of amides is 1. The quantitative estimate of drug-likeness (QED) is 0.341. The third-order valence-corrected chi connectivity index (χ3v) is 8.76. The molecule has 0 radical (unpaired) electrons. The lowest BCUT2D eigenvalue weighted by molar-refractivity contribution is -0.126. The molecular weight excluding hydrogens is 517 g/mol. The maximum atomic E-state index is 15.0. The van der Waals surface area contributed by atoms with Crippen LogP contribution in [0, 0.1) is 30.5 Å². The third kappa shape index (κ3) is 5.77. The van der Waals surface area contributed by atoms with Gasteiger partial charge in [0.2, 0.25) is 11.9 Å². The minimum Gasteiger partial charge on any atom is -0.369 e. The molecular formula is C32H38FN7O. The Labute approximate surface area is 241 Å². The van der Waals surface area contributed by atoms with Crippen LogP contribution >= 0.6 is 0 Å². The molecule has 1 aliphatic heterocycles. The number of likely N-dealkylation sites (N-methyl/N-ethyl adjacent to an activating group) is 1. The number of carbonyl (C=O) groups is 1. The number of fused-ring (bicyclic) bond motifs is 2. The molecule has 41 heavy (non-hydrogen) atoms. The van der Waals surface area contributed by atoms with Crippen LogP contribution in [-0.2, 0) is 4.79 Å². The third-order valence-electron chi connectivity index (χ3n) is 8.76. The van der Waals surface area contributed by atoms with Crippen molar-refractivity contribution < 1.29 is 9.18 Å². The molecule has 3 aliphatic rings. The molecule has 9 heteroatoms. The molecule has 2 fully saturated rings. The van der Waals surface area contributed by atoms with E-state index < -0.39 is 5.82 Å². The molecule has 2 unspecified atom stereocenters. The normalized spacial score (nSPS) is 24.3. The topological polar surface area (TPSA) is 85.4 Å². The average Bonchev–Trinajstić information content (AvgIpc) is 3.58. The molecule has 2 heterocycles. The fourth-order valence-corrected chi connectivity index (χ4v) is 6.46. The van der Waals surface area contributed by atoms with Crippen molar-refractivity contribution in [2.45, 2.75) is 32.4 Å². The smallest absolute Gasteiger partial charge is 0.229 e. The summed E-state index contributed by atoms with van der Waals surface area (Å²) < 4.78 is 15.0. The fourth-order valence-electron chi connectivity index (χ4n) is 6.46. The number of hydrogen-bond acceptors (Lipinski definition) is 7. The molecule has 1 saturated heterocycles. The molecule has 2 bridgehead atoms. The lowest BCUT2D eigenvalue weighted by atomic mass is 9.87. The first-order chi connectivity index (χ1) is 19.9. The zero-order valence-corrected chi connectivity index (χ0v) is 23.8. The number of aryl methyl sites for hydroxylation is 1. The van der Waals surface area contributed by atoms with Crippen molar-refractivity contribution in [3.63, 3.8) is 0 Å². The van der Waals surface area contributed by atoms with Crippen LogP contribution in [0.25, 0.3) is 0 Å². The van der Waals surface area contributed by atoms with Crippen LogP contribution < -0.4 is 20.9 Å². The lowest BCUT2D eigenvalue weighted by Gasteiger charge is -2.35. The standard InChI is InChI=1S/C32H38FN7O/c1-20-17-25(11-12-27(20)40-15-13-39(3)14-16-40)36-32-34-19-26(33)30(38-32)37-29-24-10-9-23(18-24)28(29)31(41)35-21(2)22-7-5-4-6-8-22/h4-12,17,19,21,23-24,28-29H,13-16,18H2,1-3H3,(H,35,41)(H2,34,36,37,38)/t21-,23?,24?,28+,29-/m1/s1. The Bertz CT molecular complexity index is 1420. The van der Waals surface area contributed by atoms with Crippen LogP contribution in [0.3, 0.4) is 0 Å². The minimum absolute atomic E-state index is 0.0283. The molecule has 3 aromatic rings. The maximum absolute atomic E-state index is 15.0. The summed E-state index contributed by atoms with van der Waals surface area (Å²) in [5.74, 6) is -0.221. The van der Waals surface area contributed by atoms with Crippen LogP contribution in [0.1, 0.15) is 30.5 Å². The van der Waals surface area contributed by atoms with E-state index in [0.717, 1.165) is 49.4 Å². The van der Waals surface area contributed by atoms with Gasteiger partial charge < -0.3 is 25.8 Å². The minimum atomic E-state index is -0.541. The molecule has 6 rings (SSSR count). The van der Waals surface area contributed by atoms with Crippen molar-refractivity contribution in [2.24, 2.45) is 17.8 Å². The highest BCUT2D eigenvalue weighted by molar-refractivity contribution is 5.82. The molecule has 2 aliphatic carbocycles. The van der Waals surface area contributed by atoms with Crippen LogP contribution in [0.5, 0.6) is 0 Å². The van der Waals surface area contributed by atoms with E-state index >= 15 is 0 Å². The summed E-state index contributed by atoms with van der Waals surface area (Å²) in [6, 6.07) is 15.7. The summed E-state index contributed by atoms with van der Waals surface area (Å²) in [6.07, 6.45) is 6.30. The second kappa shape index (κ2) is 11.5. The van der Waals surface area contributed by atoms with E-state index in [1.165, 1.54) is 11.9 Å². The van der Waals surface area contributed by atoms with Gasteiger partial charge in [-0.25, -0.2) is 9.37 Å². The van der Waals surface area contributed by atoms with Crippen molar-refractivity contribution in [2.75, 3.05) is 48.8 Å². The number of nitrogens with one attached hydrogen (secondary N) is 3. The zero-order chi connectivity index (χ0) is 28.5. The molecule has 5 atom stereocenters. The first-order valence-corrected chi connectivity index (χ1v) is 14.5. The summed E-state index contributed by atoms with van der Waals surface area (Å²) >= 11 is 0. The highest BCUT2D eigenvalue weighted by Crippen LogP contribution is 2.45. The van der Waals surface area contributed by atoms with Gasteiger partial charge in [-0.3, -0.25) is 4.79 Å². The summed E-state index contributed by atoms with van der Waals surface area (Å²) in [4.78, 5) is 26.9. The van der Waals surface area contributed by atoms with Crippen molar-refractivity contribution in [3.8, 4) is 0 Å². The summed E-state index contributed by atoms with van der Waals surface area (Å²) in [7, 11) is 2.15. The maximum Gasteiger partial charge on any atom is 0.229 e. The molecule has 8 nitrogen and oxygen atoms in total. The number of hydrogen-bond donors (Lipinski definition) is 3. The van der Waals surface area contributed by atoms with Gasteiger partial charge in [0.15, 0.2) is 11.6 Å². The van der Waals surface area contributed by atoms with Crippen LogP contribution in [0.4, 0.5) is 27.5 Å². The number of nitrogens with zero attached hydrogens (tertiary/aromatic N) is 4. The van der Waals surface area contributed by atoms with Gasteiger partial charge in [0.25, 0.3) is 0 Å². The Morgan fingerprint density at radius 2 is 1.80 bits per heavy atom. The van der Waals surface area contributed by atoms with Crippen molar-refractivity contribution >= 4 is 29.0 Å². The van der Waals surface area contributed by atoms with E-state index in [0.29, 0.717) is 5.95 Å². The monoisotopic (exact) mass is 555 g/mol. The van der Waals surface area contributed by atoms with Gasteiger partial charge in [-0.2, -0.15) is 4.98 Å². The van der Waals surface area contributed by atoms with Crippen LogP contribution in [-0.4, -0.2) is 60.0 Å². The van der Waals surface area contributed by atoms with Crippen molar-refractivity contribution in [1.29, 1.82) is 0 Å². The molecule has 3 N–H and O–H groups in total. The van der Waals surface area contributed by atoms with Gasteiger partial charge in [0, 0.05) is 43.6 Å². The Morgan fingerprint density at radius 3 is 2.56 bits per heavy atom. The number of carbonyl (C=O) groups excluding carboxylic acids is 1. The number of rotatable bonds is 8. The van der Waals surface area contributed by atoms with E-state index in [4.69, 9.17) is 0 Å². The van der Waals surface area contributed by atoms with E-state index in [-0.39, 0.29) is 41.6 Å². The number of anilines is 4. The van der Waals surface area contributed by atoms with Crippen LogP contribution in [0.2, 0.25) is 0 Å². The molecule has 1 saturated carbocycles. The SMILES string of the molecule is Cc1cc(Nc2ncc(F)c(N[C@@H]3C4C=CC(C4)[C@@H]3C(=O)N[C@H](C)c3ccccc3)n2)ccc1N1CCN(C)CC1. The molecule has 0 spiro atoms. The first kappa shape index (κ1) is 27.2. The van der Waals surface area contributed by atoms with E-state index in [1.807, 2.05) is 43.3 Å². The number of piperazine rings is 1. The summed E-state index contributed by atoms with van der Waals surface area (Å²) in [5.41, 5.74) is 4.27. The molecule has 1 amide bonds. The number of allylic oxidation sites excluding steroid dienone is 1. The number of benzene rings is 2. The highest BCUT2D eigenvalue weighted by atomic mass is 19.1. The van der Waals surface area contributed by atoms with Gasteiger partial charge in [-0.15, -0.1) is 0 Å². The Kier molecular flexibility index (Phi) is 7.62. The molecule has 214 valence electrons. The predicted octanol–water partition coefficient (Wildman–Crippen LogP) is 4.90. The second-order valence-corrected chi connectivity index (χ2v) is 11.6. The largest absolute Gasteiger partial charge is 0.369 e. The van der Waals surface area contributed by atoms with Gasteiger partial charge >= 0.3 is 0 Å². The van der Waals surface area contributed by atoms with Crippen LogP contribution in [0.15, 0.2) is 66.9 Å². The van der Waals surface area contributed by atoms with E-state index in [1.54, 1.807) is 0 Å². The predicted molar refractivity (Wildman–Crippen MR) is 161 cm³/mol. The summed E-state index contributed by atoms with van der Waals surface area (Å²) in [6.45, 7) is 8.19. The average molecular weight is 556 g/mol. The Hall–Kier alpha value is -3.98. The second-order valence-electron chi connectivity index (χ2n) is 11.6. The Morgan fingerprint density at radius 1 is 1.05 bits per heavy atom. The molecule has 2 aromatic carbocycles. The number of aromatic nitrogens is 2. The zero-order valence-electron chi connectivity index (χ0n) is 23.8. The Balaban J connectivity index is 1.15. The summed E-state index contributed by atoms with van der Waals surface area (Å²) in [5, 5.41) is 9.70. The van der Waals surface area contributed by atoms with Gasteiger partial charge in [-0.1, -0.05) is 42.5 Å². The van der Waals surface area contributed by atoms with E-state index in [9.17, 15) is 9.18 Å². The van der Waals surface area contributed by atoms with E-state index in [2.05, 4.69) is 74.0 Å². The first-order valence-electron chi connectivity index (χ1n) is 14.5. The lowest BCUT2D eigenvalue weighted by Crippen LogP contribution is -2.44. The highest BCUT2D eigenvalue weighted by Gasteiger charge is 2.48. The van der Waals surface area contributed by atoms with Crippen molar-refractivity contribution in [1.82, 2.24) is 20.2 Å². The van der Waals surface area contributed by atoms with Gasteiger partial charge in [0.05, 0.1) is 18.2 Å².